The number of nitrogens with one attached hydrogen (secondary N) is 4. The van der Waals surface area contributed by atoms with Gasteiger partial charge in [-0.25, -0.2) is 13.1 Å². The third kappa shape index (κ3) is 6.37. The van der Waals surface area contributed by atoms with E-state index in [0.717, 1.165) is 12.0 Å². The predicted molar refractivity (Wildman–Crippen MR) is 113 cm³/mol. The smallest absolute Gasteiger partial charge is 0.269 e. The lowest BCUT2D eigenvalue weighted by atomic mass is 10.2. The second kappa shape index (κ2) is 9.71. The quantitative estimate of drug-likeness (QED) is 0.445. The van der Waals surface area contributed by atoms with Crippen LogP contribution in [0, 0.1) is 11.8 Å². The van der Waals surface area contributed by atoms with Gasteiger partial charge in [-0.2, -0.15) is 0 Å². The Morgan fingerprint density at radius 3 is 2.39 bits per heavy atom. The van der Waals surface area contributed by atoms with Crippen molar-refractivity contribution in [1.82, 2.24) is 20.9 Å². The highest BCUT2D eigenvalue weighted by Gasteiger charge is 2.38. The molecule has 31 heavy (non-hydrogen) atoms. The van der Waals surface area contributed by atoms with E-state index in [1.807, 2.05) is 13.0 Å². The minimum atomic E-state index is -3.84. The largest absolute Gasteiger partial charge is 0.347 e. The molecule has 3 amide bonds. The number of amides is 3. The molecule has 1 fully saturated rings. The number of carbonyl (C=O) groups is 3. The third-order valence-corrected chi connectivity index (χ3v) is 6.30. The van der Waals surface area contributed by atoms with Crippen molar-refractivity contribution in [3.63, 3.8) is 0 Å². The van der Waals surface area contributed by atoms with Gasteiger partial charge in [0.15, 0.2) is 0 Å². The van der Waals surface area contributed by atoms with Crippen LogP contribution in [-0.4, -0.2) is 32.7 Å². The van der Waals surface area contributed by atoms with Crippen molar-refractivity contribution in [2.45, 2.75) is 24.8 Å². The lowest BCUT2D eigenvalue weighted by molar-refractivity contribution is -0.127. The number of hydrogen-bond donors (Lipinski definition) is 4. The van der Waals surface area contributed by atoms with Crippen molar-refractivity contribution >= 4 is 27.7 Å². The number of rotatable bonds is 8. The molecule has 2 atom stereocenters. The molecule has 3 rings (SSSR count). The van der Waals surface area contributed by atoms with Gasteiger partial charge in [0.25, 0.3) is 11.8 Å². The number of benzene rings is 2. The molecule has 164 valence electrons. The summed E-state index contributed by atoms with van der Waals surface area (Å²) in [6.45, 7) is 1.80. The van der Waals surface area contributed by atoms with E-state index in [1.54, 1.807) is 24.3 Å². The number of hydrogen-bond acceptors (Lipinski definition) is 5. The van der Waals surface area contributed by atoms with Crippen LogP contribution >= 0.6 is 0 Å². The normalized spacial score (nSPS) is 17.5. The van der Waals surface area contributed by atoms with Gasteiger partial charge in [0.2, 0.25) is 15.9 Å². The summed E-state index contributed by atoms with van der Waals surface area (Å²) in [7, 11) is -3.84. The Balaban J connectivity index is 1.51. The highest BCUT2D eigenvalue weighted by atomic mass is 32.2. The Morgan fingerprint density at radius 2 is 1.71 bits per heavy atom. The summed E-state index contributed by atoms with van der Waals surface area (Å²) in [5, 5.41) is 2.50. The van der Waals surface area contributed by atoms with Crippen LogP contribution in [0.25, 0.3) is 0 Å². The number of sulfonamides is 1. The highest BCUT2D eigenvalue weighted by molar-refractivity contribution is 7.89. The second-order valence-corrected chi connectivity index (χ2v) is 9.14. The van der Waals surface area contributed by atoms with Crippen LogP contribution in [0.5, 0.6) is 0 Å². The first-order chi connectivity index (χ1) is 14.8. The van der Waals surface area contributed by atoms with Gasteiger partial charge in [-0.1, -0.05) is 43.3 Å². The van der Waals surface area contributed by atoms with E-state index in [1.165, 1.54) is 24.3 Å². The summed E-state index contributed by atoms with van der Waals surface area (Å²) in [4.78, 5) is 35.7. The first kappa shape index (κ1) is 22.4. The minimum absolute atomic E-state index is 0.0532. The Labute approximate surface area is 180 Å². The van der Waals surface area contributed by atoms with E-state index in [2.05, 4.69) is 20.9 Å². The minimum Gasteiger partial charge on any atom is -0.347 e. The van der Waals surface area contributed by atoms with E-state index in [-0.39, 0.29) is 35.4 Å². The van der Waals surface area contributed by atoms with Crippen LogP contribution in [0.3, 0.4) is 0 Å². The maximum Gasteiger partial charge on any atom is 0.269 e. The van der Waals surface area contributed by atoms with Gasteiger partial charge < -0.3 is 5.32 Å². The monoisotopic (exact) mass is 444 g/mol. The first-order valence-corrected chi connectivity index (χ1v) is 11.2. The molecule has 0 spiro atoms. The molecule has 0 saturated heterocycles. The van der Waals surface area contributed by atoms with Gasteiger partial charge >= 0.3 is 0 Å². The van der Waals surface area contributed by atoms with Crippen molar-refractivity contribution in [2.75, 3.05) is 6.54 Å². The van der Waals surface area contributed by atoms with Crippen LogP contribution in [0.15, 0.2) is 59.5 Å². The molecular formula is C21H24N4O5S. The number of hydrazine groups is 1. The topological polar surface area (TPSA) is 133 Å². The van der Waals surface area contributed by atoms with Crippen molar-refractivity contribution in [3.8, 4) is 0 Å². The summed E-state index contributed by atoms with van der Waals surface area (Å²) >= 11 is 0. The van der Waals surface area contributed by atoms with E-state index >= 15 is 0 Å². The molecule has 2 unspecified atom stereocenters. The maximum atomic E-state index is 12.5. The fourth-order valence-electron chi connectivity index (χ4n) is 2.89. The van der Waals surface area contributed by atoms with E-state index in [4.69, 9.17) is 0 Å². The molecule has 9 nitrogen and oxygen atoms in total. The summed E-state index contributed by atoms with van der Waals surface area (Å²) in [5.41, 5.74) is 5.25. The van der Waals surface area contributed by atoms with Gasteiger partial charge in [-0.05, 0) is 36.1 Å². The van der Waals surface area contributed by atoms with E-state index < -0.39 is 21.8 Å². The molecule has 2 aromatic rings. The Hall–Kier alpha value is -3.24. The van der Waals surface area contributed by atoms with Gasteiger partial charge in [0.05, 0.1) is 11.4 Å². The summed E-state index contributed by atoms with van der Waals surface area (Å²) in [5.74, 6) is -1.19. The molecule has 10 heteroatoms. The lowest BCUT2D eigenvalue weighted by Gasteiger charge is -2.10. The maximum absolute atomic E-state index is 12.5. The van der Waals surface area contributed by atoms with Crippen LogP contribution < -0.4 is 20.9 Å². The van der Waals surface area contributed by atoms with E-state index in [0.29, 0.717) is 5.92 Å². The van der Waals surface area contributed by atoms with Gasteiger partial charge in [0, 0.05) is 18.0 Å². The van der Waals surface area contributed by atoms with Crippen molar-refractivity contribution in [2.24, 2.45) is 11.8 Å². The molecule has 1 aliphatic rings. The number of carbonyl (C=O) groups excluding carboxylic acids is 3. The van der Waals surface area contributed by atoms with Crippen molar-refractivity contribution < 1.29 is 22.8 Å². The van der Waals surface area contributed by atoms with Crippen LogP contribution in [0.1, 0.15) is 29.3 Å². The van der Waals surface area contributed by atoms with E-state index in [9.17, 15) is 22.8 Å². The Bertz CT molecular complexity index is 1070. The summed E-state index contributed by atoms with van der Waals surface area (Å²) < 4.78 is 27.5. The molecule has 0 heterocycles. The van der Waals surface area contributed by atoms with Crippen LogP contribution in [0.4, 0.5) is 0 Å². The Kier molecular flexibility index (Phi) is 7.03. The average Bonchev–Trinajstić information content (AvgIpc) is 3.52. The third-order valence-electron chi connectivity index (χ3n) is 4.90. The molecule has 0 radical (unpaired) electrons. The fourth-order valence-corrected chi connectivity index (χ4v) is 3.95. The zero-order valence-electron chi connectivity index (χ0n) is 16.9. The lowest BCUT2D eigenvalue weighted by Crippen LogP contribution is -2.46. The zero-order chi connectivity index (χ0) is 22.4. The molecule has 0 aromatic heterocycles. The Morgan fingerprint density at radius 1 is 1.00 bits per heavy atom. The molecule has 4 N–H and O–H groups in total. The fraction of sp³-hybridized carbons (Fsp3) is 0.286. The molecule has 2 aromatic carbocycles. The van der Waals surface area contributed by atoms with Gasteiger partial charge in [-0.15, -0.1) is 0 Å². The SMILES string of the molecule is CC1CC1C(=O)NCC(=O)NNC(=O)c1cccc(S(=O)(=O)NCc2ccccc2)c1. The molecule has 1 aliphatic carbocycles. The molecule has 0 bridgehead atoms. The highest BCUT2D eigenvalue weighted by Crippen LogP contribution is 2.37. The van der Waals surface area contributed by atoms with Crippen LogP contribution in [0.2, 0.25) is 0 Å². The second-order valence-electron chi connectivity index (χ2n) is 7.38. The molecular weight excluding hydrogens is 420 g/mol. The predicted octanol–water partition coefficient (Wildman–Crippen LogP) is 0.698. The molecule has 1 saturated carbocycles. The molecule has 0 aliphatic heterocycles. The van der Waals surface area contributed by atoms with Gasteiger partial charge in [0.1, 0.15) is 0 Å². The van der Waals surface area contributed by atoms with Crippen molar-refractivity contribution in [1.29, 1.82) is 0 Å². The van der Waals surface area contributed by atoms with Crippen LogP contribution in [-0.2, 0) is 26.2 Å². The summed E-state index contributed by atoms with van der Waals surface area (Å²) in [6.07, 6.45) is 0.809. The van der Waals surface area contributed by atoms with Crippen molar-refractivity contribution in [3.05, 3.63) is 65.7 Å². The van der Waals surface area contributed by atoms with Gasteiger partial charge in [-0.3, -0.25) is 25.2 Å². The zero-order valence-corrected chi connectivity index (χ0v) is 17.7. The standard InChI is InChI=1S/C21H24N4O5S/c1-14-10-18(14)21(28)22-13-19(26)24-25-20(27)16-8-5-9-17(11-16)31(29,30)23-12-15-6-3-2-4-7-15/h2-9,11,14,18,23H,10,12-13H2,1H3,(H,22,28)(H,24,26)(H,25,27). The first-order valence-electron chi connectivity index (χ1n) is 9.77. The summed E-state index contributed by atoms with van der Waals surface area (Å²) in [6, 6.07) is 14.5. The average molecular weight is 445 g/mol.